The zero-order chi connectivity index (χ0) is 21.3. The first kappa shape index (κ1) is 19.3. The molecule has 0 saturated heterocycles. The van der Waals surface area contributed by atoms with Gasteiger partial charge in [-0.15, -0.1) is 5.10 Å². The van der Waals surface area contributed by atoms with Crippen molar-refractivity contribution in [1.82, 2.24) is 30.0 Å². The topological polar surface area (TPSA) is 90.5 Å². The van der Waals surface area contributed by atoms with Crippen LogP contribution in [0.2, 0.25) is 0 Å². The third-order valence-corrected chi connectivity index (χ3v) is 4.38. The van der Waals surface area contributed by atoms with Crippen molar-refractivity contribution >= 4 is 11.6 Å². The van der Waals surface area contributed by atoms with Gasteiger partial charge in [-0.1, -0.05) is 0 Å². The van der Waals surface area contributed by atoms with E-state index in [1.54, 1.807) is 25.1 Å². The van der Waals surface area contributed by atoms with Gasteiger partial charge in [-0.2, -0.15) is 18.3 Å². The van der Waals surface area contributed by atoms with E-state index in [-0.39, 0.29) is 16.9 Å². The summed E-state index contributed by atoms with van der Waals surface area (Å²) in [5.74, 6) is -0.668. The highest BCUT2D eigenvalue weighted by Crippen LogP contribution is 2.36. The summed E-state index contributed by atoms with van der Waals surface area (Å²) in [6.07, 6.45) is -0.266. The number of nitrogens with zero attached hydrogens (tertiary/aromatic N) is 6. The van der Waals surface area contributed by atoms with Gasteiger partial charge in [0.05, 0.1) is 22.6 Å². The molecule has 4 rings (SSSR count). The van der Waals surface area contributed by atoms with Gasteiger partial charge in [0.2, 0.25) is 0 Å². The number of carbonyl (C=O) groups excluding carboxylic acids is 1. The van der Waals surface area contributed by atoms with Crippen molar-refractivity contribution < 1.29 is 18.0 Å². The highest BCUT2D eigenvalue weighted by atomic mass is 19.4. The second-order valence-electron chi connectivity index (χ2n) is 6.39. The van der Waals surface area contributed by atoms with Crippen LogP contribution in [0.4, 0.5) is 18.9 Å². The van der Waals surface area contributed by atoms with E-state index in [0.29, 0.717) is 11.3 Å². The molecule has 0 bridgehead atoms. The van der Waals surface area contributed by atoms with Gasteiger partial charge in [0.25, 0.3) is 5.91 Å². The van der Waals surface area contributed by atoms with Crippen LogP contribution in [-0.4, -0.2) is 35.9 Å². The molecule has 0 spiro atoms. The van der Waals surface area contributed by atoms with Crippen molar-refractivity contribution in [2.75, 3.05) is 5.32 Å². The molecule has 0 saturated carbocycles. The zero-order valence-corrected chi connectivity index (χ0v) is 15.5. The maximum atomic E-state index is 13.6. The van der Waals surface area contributed by atoms with E-state index in [0.717, 1.165) is 6.07 Å². The fourth-order valence-electron chi connectivity index (χ4n) is 2.96. The first-order valence-corrected chi connectivity index (χ1v) is 8.69. The minimum atomic E-state index is -4.66. The maximum absolute atomic E-state index is 13.6. The molecule has 0 aliphatic carbocycles. The lowest BCUT2D eigenvalue weighted by molar-refractivity contribution is -0.136. The number of tetrazole rings is 1. The Balaban J connectivity index is 1.63. The number of alkyl halides is 3. The quantitative estimate of drug-likeness (QED) is 0.554. The van der Waals surface area contributed by atoms with Crippen molar-refractivity contribution in [2.24, 2.45) is 0 Å². The summed E-state index contributed by atoms with van der Waals surface area (Å²) in [5.41, 5.74) is 0.452. The standard InChI is InChI=1S/C19H14F3N7O/c1-12-9-13(3-6-17(12)29-11-23-26-27-29)18(30)25-16-5-4-14(28-8-2-7-24-28)10-15(16)19(20,21)22/h2-11H,1H3,(H,25,30). The minimum Gasteiger partial charge on any atom is -0.321 e. The predicted molar refractivity (Wildman–Crippen MR) is 100 cm³/mol. The summed E-state index contributed by atoms with van der Waals surface area (Å²) < 4.78 is 43.5. The SMILES string of the molecule is Cc1cc(C(=O)Nc2ccc(-n3cccn3)cc2C(F)(F)F)ccc1-n1cnnn1. The molecule has 0 aliphatic heterocycles. The molecule has 0 radical (unpaired) electrons. The van der Waals surface area contributed by atoms with Crippen LogP contribution in [0.5, 0.6) is 0 Å². The molecular weight excluding hydrogens is 399 g/mol. The number of hydrogen-bond acceptors (Lipinski definition) is 5. The molecule has 152 valence electrons. The highest BCUT2D eigenvalue weighted by molar-refractivity contribution is 6.05. The molecule has 11 heteroatoms. The summed E-state index contributed by atoms with van der Waals surface area (Å²) in [6, 6.07) is 9.86. The van der Waals surface area contributed by atoms with Crippen LogP contribution in [0.25, 0.3) is 11.4 Å². The first-order chi connectivity index (χ1) is 14.3. The Morgan fingerprint density at radius 3 is 2.57 bits per heavy atom. The highest BCUT2D eigenvalue weighted by Gasteiger charge is 2.34. The van der Waals surface area contributed by atoms with E-state index in [1.165, 1.54) is 46.3 Å². The Labute approximate surface area is 167 Å². The van der Waals surface area contributed by atoms with Gasteiger partial charge in [0.15, 0.2) is 0 Å². The monoisotopic (exact) mass is 413 g/mol. The van der Waals surface area contributed by atoms with Gasteiger partial charge in [-0.05, 0) is 65.4 Å². The fourth-order valence-corrected chi connectivity index (χ4v) is 2.96. The Morgan fingerprint density at radius 1 is 1.10 bits per heavy atom. The third-order valence-electron chi connectivity index (χ3n) is 4.38. The number of halogens is 3. The molecule has 2 heterocycles. The Kier molecular flexibility index (Phi) is 4.78. The molecule has 0 fully saturated rings. The maximum Gasteiger partial charge on any atom is 0.418 e. The average molecular weight is 413 g/mol. The number of aryl methyl sites for hydroxylation is 1. The number of rotatable bonds is 4. The Bertz CT molecular complexity index is 1190. The molecule has 4 aromatic rings. The first-order valence-electron chi connectivity index (χ1n) is 8.69. The number of anilines is 1. The Hall–Kier alpha value is -4.02. The smallest absolute Gasteiger partial charge is 0.321 e. The third kappa shape index (κ3) is 3.77. The Morgan fingerprint density at radius 2 is 1.93 bits per heavy atom. The van der Waals surface area contributed by atoms with E-state index in [4.69, 9.17) is 0 Å². The van der Waals surface area contributed by atoms with Crippen molar-refractivity contribution in [3.63, 3.8) is 0 Å². The van der Waals surface area contributed by atoms with Crippen LogP contribution in [-0.2, 0) is 6.18 Å². The van der Waals surface area contributed by atoms with E-state index in [2.05, 4.69) is 25.9 Å². The minimum absolute atomic E-state index is 0.202. The van der Waals surface area contributed by atoms with Crippen molar-refractivity contribution in [3.05, 3.63) is 77.9 Å². The largest absolute Gasteiger partial charge is 0.418 e. The van der Waals surface area contributed by atoms with Crippen molar-refractivity contribution in [2.45, 2.75) is 13.1 Å². The van der Waals surface area contributed by atoms with Gasteiger partial charge in [0.1, 0.15) is 6.33 Å². The van der Waals surface area contributed by atoms with Gasteiger partial charge in [0, 0.05) is 18.0 Å². The van der Waals surface area contributed by atoms with Crippen molar-refractivity contribution in [1.29, 1.82) is 0 Å². The number of nitrogens with one attached hydrogen (secondary N) is 1. The molecule has 2 aromatic carbocycles. The number of aromatic nitrogens is 6. The fraction of sp³-hybridized carbons (Fsp3) is 0.105. The van der Waals surface area contributed by atoms with E-state index < -0.39 is 17.6 Å². The van der Waals surface area contributed by atoms with Crippen LogP contribution < -0.4 is 5.32 Å². The van der Waals surface area contributed by atoms with E-state index in [9.17, 15) is 18.0 Å². The molecule has 1 N–H and O–H groups in total. The summed E-state index contributed by atoms with van der Waals surface area (Å²) >= 11 is 0. The van der Waals surface area contributed by atoms with Crippen LogP contribution in [0.1, 0.15) is 21.5 Å². The van der Waals surface area contributed by atoms with Crippen LogP contribution in [0.15, 0.2) is 61.2 Å². The molecule has 30 heavy (non-hydrogen) atoms. The summed E-state index contributed by atoms with van der Waals surface area (Å²) in [4.78, 5) is 12.6. The number of hydrogen-bond donors (Lipinski definition) is 1. The van der Waals surface area contributed by atoms with Crippen LogP contribution in [0, 0.1) is 6.92 Å². The van der Waals surface area contributed by atoms with Gasteiger partial charge in [-0.25, -0.2) is 9.36 Å². The summed E-state index contributed by atoms with van der Waals surface area (Å²) in [7, 11) is 0. The normalized spacial score (nSPS) is 11.5. The van der Waals surface area contributed by atoms with E-state index >= 15 is 0 Å². The lowest BCUT2D eigenvalue weighted by atomic mass is 10.1. The zero-order valence-electron chi connectivity index (χ0n) is 15.5. The molecule has 2 aromatic heterocycles. The molecule has 8 nitrogen and oxygen atoms in total. The van der Waals surface area contributed by atoms with E-state index in [1.807, 2.05) is 0 Å². The summed E-state index contributed by atoms with van der Waals surface area (Å²) in [5, 5.41) is 17.2. The average Bonchev–Trinajstić information content (AvgIpc) is 3.41. The number of carbonyl (C=O) groups is 1. The van der Waals surface area contributed by atoms with Gasteiger partial charge >= 0.3 is 6.18 Å². The van der Waals surface area contributed by atoms with Crippen LogP contribution >= 0.6 is 0 Å². The molecule has 1 amide bonds. The van der Waals surface area contributed by atoms with Crippen molar-refractivity contribution in [3.8, 4) is 11.4 Å². The second kappa shape index (κ2) is 7.43. The molecular formula is C19H14F3N7O. The lowest BCUT2D eigenvalue weighted by Crippen LogP contribution is -2.17. The molecule has 0 atom stereocenters. The molecule has 0 aliphatic rings. The predicted octanol–water partition coefficient (Wildman–Crippen LogP) is 3.43. The van der Waals surface area contributed by atoms with Gasteiger partial charge in [-0.3, -0.25) is 4.79 Å². The second-order valence-corrected chi connectivity index (χ2v) is 6.39. The number of benzene rings is 2. The number of amides is 1. The van der Waals surface area contributed by atoms with Crippen LogP contribution in [0.3, 0.4) is 0 Å². The summed E-state index contributed by atoms with van der Waals surface area (Å²) in [6.45, 7) is 1.74. The van der Waals surface area contributed by atoms with Gasteiger partial charge < -0.3 is 5.32 Å². The molecule has 0 unspecified atom stereocenters. The lowest BCUT2D eigenvalue weighted by Gasteiger charge is -2.16.